The number of hydrogen-bond donors (Lipinski definition) is 2. The predicted molar refractivity (Wildman–Crippen MR) is 164 cm³/mol. The molecule has 1 fully saturated rings. The summed E-state index contributed by atoms with van der Waals surface area (Å²) in [5.74, 6) is 0.739. The zero-order valence-electron chi connectivity index (χ0n) is 23.3. The number of carbonyl (C=O) groups is 1. The van der Waals surface area contributed by atoms with Crippen LogP contribution in [0.4, 0.5) is 10.5 Å². The number of hydrogen-bond acceptors (Lipinski definition) is 5. The molecule has 2 amide bonds. The summed E-state index contributed by atoms with van der Waals surface area (Å²) in [6.07, 6.45) is 2.13. The highest BCUT2D eigenvalue weighted by atomic mass is 35.5. The van der Waals surface area contributed by atoms with E-state index in [1.807, 2.05) is 43.0 Å². The van der Waals surface area contributed by atoms with Gasteiger partial charge in [0.25, 0.3) is 5.56 Å². The Morgan fingerprint density at radius 3 is 2.32 bits per heavy atom. The van der Waals surface area contributed by atoms with Gasteiger partial charge in [0.05, 0.1) is 15.7 Å². The molecule has 3 heterocycles. The van der Waals surface area contributed by atoms with Crippen LogP contribution in [0.2, 0.25) is 15.1 Å². The van der Waals surface area contributed by atoms with Gasteiger partial charge in [-0.15, -0.1) is 0 Å². The van der Waals surface area contributed by atoms with Crippen molar-refractivity contribution in [2.24, 2.45) is 0 Å². The second-order valence-corrected chi connectivity index (χ2v) is 11.9. The quantitative estimate of drug-likeness (QED) is 0.278. The molecule has 5 rings (SSSR count). The second kappa shape index (κ2) is 12.0. The third-order valence-corrected chi connectivity index (χ3v) is 8.26. The smallest absolute Gasteiger partial charge is 0.321 e. The normalized spacial score (nSPS) is 14.6. The van der Waals surface area contributed by atoms with E-state index >= 15 is 0 Å². The molecule has 0 spiro atoms. The SMILES string of the molecule is CNC(=O)N(c1ccc(Cc2nc3n(-c4c(Cl)cc(Cl)cc4Cl)[nH]c(C(C)C)c-3c(=O)n2)cc1)C1CCN(C)CC1. The maximum absolute atomic E-state index is 13.3. The molecule has 0 unspecified atom stereocenters. The van der Waals surface area contributed by atoms with E-state index in [9.17, 15) is 9.59 Å². The van der Waals surface area contributed by atoms with Crippen LogP contribution in [-0.4, -0.2) is 63.9 Å². The summed E-state index contributed by atoms with van der Waals surface area (Å²) in [6, 6.07) is 10.9. The lowest BCUT2D eigenvalue weighted by atomic mass is 10.0. The summed E-state index contributed by atoms with van der Waals surface area (Å²) in [5.41, 5.74) is 2.87. The highest BCUT2D eigenvalue weighted by molar-refractivity contribution is 6.40. The Bertz CT molecular complexity index is 1570. The number of amides is 2. The molecule has 2 aromatic rings. The van der Waals surface area contributed by atoms with Crippen LogP contribution in [-0.2, 0) is 6.42 Å². The Hall–Kier alpha value is -3.11. The fraction of sp³-hybridized carbons (Fsp3) is 0.379. The van der Waals surface area contributed by atoms with Gasteiger partial charge in [-0.2, -0.15) is 4.98 Å². The van der Waals surface area contributed by atoms with E-state index in [0.29, 0.717) is 50.1 Å². The molecule has 3 aliphatic rings. The van der Waals surface area contributed by atoms with Crippen LogP contribution in [0.3, 0.4) is 0 Å². The van der Waals surface area contributed by atoms with Crippen LogP contribution in [0.5, 0.6) is 0 Å². The standard InChI is InChI=1S/C29H32Cl3N7O2/c1-16(2)25-24-27(39(36-25)26-21(31)14-18(30)15-22(26)32)34-23(35-28(24)40)13-17-5-7-19(8-6-17)38(29(41)33-3)20-9-11-37(4)12-10-20/h5-8,14-16,20,36H,9-13H2,1-4H3,(H,33,41). The fourth-order valence-corrected chi connectivity index (χ4v) is 6.32. The number of urea groups is 1. The molecule has 216 valence electrons. The van der Waals surface area contributed by atoms with Crippen molar-refractivity contribution in [3.63, 3.8) is 0 Å². The molecule has 2 aromatic carbocycles. The topological polar surface area (TPSA) is 99.2 Å². The maximum Gasteiger partial charge on any atom is 0.321 e. The lowest BCUT2D eigenvalue weighted by Crippen LogP contribution is -2.49. The third kappa shape index (κ3) is 5.95. The number of benzene rings is 2. The first-order valence-electron chi connectivity index (χ1n) is 13.5. The molecule has 0 aliphatic carbocycles. The molecule has 0 saturated carbocycles. The number of likely N-dealkylation sites (tertiary alicyclic amines) is 1. The highest BCUT2D eigenvalue weighted by Gasteiger charge is 2.29. The number of nitrogens with one attached hydrogen (secondary N) is 2. The van der Waals surface area contributed by atoms with Crippen molar-refractivity contribution in [1.29, 1.82) is 0 Å². The lowest BCUT2D eigenvalue weighted by Gasteiger charge is -2.37. The van der Waals surface area contributed by atoms with Crippen LogP contribution in [0.1, 0.15) is 49.7 Å². The van der Waals surface area contributed by atoms with Gasteiger partial charge in [0.2, 0.25) is 0 Å². The minimum atomic E-state index is -0.380. The molecule has 0 aromatic heterocycles. The Morgan fingerprint density at radius 2 is 1.73 bits per heavy atom. The van der Waals surface area contributed by atoms with E-state index in [2.05, 4.69) is 27.3 Å². The first kappa shape index (κ1) is 29.4. The third-order valence-electron chi connectivity index (χ3n) is 7.46. The van der Waals surface area contributed by atoms with Gasteiger partial charge in [0.15, 0.2) is 5.82 Å². The number of anilines is 1. The molecule has 3 aliphatic heterocycles. The molecule has 0 radical (unpaired) electrons. The Labute approximate surface area is 253 Å². The lowest BCUT2D eigenvalue weighted by molar-refractivity contribution is 0.228. The van der Waals surface area contributed by atoms with Crippen LogP contribution in [0.25, 0.3) is 17.1 Å². The zero-order chi connectivity index (χ0) is 29.4. The maximum atomic E-state index is 13.3. The van der Waals surface area contributed by atoms with Gasteiger partial charge in [0.1, 0.15) is 17.1 Å². The van der Waals surface area contributed by atoms with Gasteiger partial charge in [-0.1, -0.05) is 60.8 Å². The Balaban J connectivity index is 1.50. The number of fused-ring (bicyclic) bond motifs is 1. The monoisotopic (exact) mass is 615 g/mol. The number of H-pyrrole nitrogens is 1. The van der Waals surface area contributed by atoms with Crippen LogP contribution in [0.15, 0.2) is 41.2 Å². The number of aromatic nitrogens is 4. The van der Waals surface area contributed by atoms with Crippen molar-refractivity contribution >= 4 is 46.5 Å². The molecular weight excluding hydrogens is 585 g/mol. The molecule has 9 nitrogen and oxygen atoms in total. The molecule has 1 saturated heterocycles. The average molecular weight is 617 g/mol. The molecule has 41 heavy (non-hydrogen) atoms. The van der Waals surface area contributed by atoms with Crippen molar-refractivity contribution in [3.05, 3.63) is 78.9 Å². The van der Waals surface area contributed by atoms with Crippen molar-refractivity contribution < 1.29 is 4.79 Å². The van der Waals surface area contributed by atoms with Crippen molar-refractivity contribution in [2.75, 3.05) is 32.1 Å². The first-order valence-corrected chi connectivity index (χ1v) is 14.7. The first-order chi connectivity index (χ1) is 19.6. The van der Waals surface area contributed by atoms with Crippen molar-refractivity contribution in [1.82, 2.24) is 30.0 Å². The highest BCUT2D eigenvalue weighted by Crippen LogP contribution is 2.36. The number of nitrogens with zero attached hydrogens (tertiary/aromatic N) is 5. The fourth-order valence-electron chi connectivity index (χ4n) is 5.33. The molecule has 0 bridgehead atoms. The summed E-state index contributed by atoms with van der Waals surface area (Å²) >= 11 is 19.2. The molecule has 2 N–H and O–H groups in total. The molecule has 12 heteroatoms. The van der Waals surface area contributed by atoms with Crippen molar-refractivity contribution in [3.8, 4) is 17.1 Å². The minimum absolute atomic E-state index is 0.00822. The van der Waals surface area contributed by atoms with Gasteiger partial charge in [0, 0.05) is 30.2 Å². The molecular formula is C29H32Cl3N7O2. The average Bonchev–Trinajstić information content (AvgIpc) is 3.30. The second-order valence-electron chi connectivity index (χ2n) is 10.7. The number of piperidine rings is 1. The van der Waals surface area contributed by atoms with E-state index in [-0.39, 0.29) is 23.6 Å². The number of aromatic amines is 1. The van der Waals surface area contributed by atoms with Crippen LogP contribution < -0.4 is 15.8 Å². The number of rotatable bonds is 6. The number of halogens is 3. The van der Waals surface area contributed by atoms with Gasteiger partial charge < -0.3 is 10.2 Å². The van der Waals surface area contributed by atoms with Gasteiger partial charge in [-0.05, 0) is 68.7 Å². The van der Waals surface area contributed by atoms with E-state index in [0.717, 1.165) is 37.2 Å². The largest absolute Gasteiger partial charge is 0.341 e. The summed E-state index contributed by atoms with van der Waals surface area (Å²) in [5, 5.41) is 7.08. The Morgan fingerprint density at radius 1 is 1.10 bits per heavy atom. The van der Waals surface area contributed by atoms with E-state index in [1.165, 1.54) is 0 Å². The minimum Gasteiger partial charge on any atom is -0.341 e. The summed E-state index contributed by atoms with van der Waals surface area (Å²) in [7, 11) is 3.74. The van der Waals surface area contributed by atoms with Gasteiger partial charge >= 0.3 is 6.03 Å². The van der Waals surface area contributed by atoms with E-state index in [1.54, 1.807) is 23.9 Å². The van der Waals surface area contributed by atoms with E-state index < -0.39 is 0 Å². The predicted octanol–water partition coefficient (Wildman–Crippen LogP) is 5.97. The van der Waals surface area contributed by atoms with Crippen LogP contribution in [0, 0.1) is 0 Å². The van der Waals surface area contributed by atoms with Crippen LogP contribution >= 0.6 is 34.8 Å². The zero-order valence-corrected chi connectivity index (χ0v) is 25.6. The van der Waals surface area contributed by atoms with Gasteiger partial charge in [-0.25, -0.2) is 14.5 Å². The summed E-state index contributed by atoms with van der Waals surface area (Å²) < 4.78 is 1.63. The van der Waals surface area contributed by atoms with Gasteiger partial charge in [-0.3, -0.25) is 14.8 Å². The Kier molecular flexibility index (Phi) is 8.61. The summed E-state index contributed by atoms with van der Waals surface area (Å²) in [6.45, 7) is 5.84. The van der Waals surface area contributed by atoms with E-state index in [4.69, 9.17) is 39.8 Å². The molecule has 0 atom stereocenters. The van der Waals surface area contributed by atoms with Crippen molar-refractivity contribution in [2.45, 2.75) is 45.1 Å². The number of carbonyl (C=O) groups excluding carboxylic acids is 1. The summed E-state index contributed by atoms with van der Waals surface area (Å²) in [4.78, 5) is 39.3.